The molecule has 2 aromatic heterocycles. The van der Waals surface area contributed by atoms with Crippen LogP contribution in [0.15, 0.2) is 53.8 Å². The monoisotopic (exact) mass is 263 g/mol. The Hall–Kier alpha value is -2.75. The zero-order valence-electron chi connectivity index (χ0n) is 11.0. The van der Waals surface area contributed by atoms with Gasteiger partial charge in [-0.1, -0.05) is 42.5 Å². The van der Waals surface area contributed by atoms with E-state index in [1.54, 1.807) is 17.5 Å². The molecule has 0 fully saturated rings. The predicted octanol–water partition coefficient (Wildman–Crippen LogP) is 4.21. The number of hydrogen-bond acceptors (Lipinski definition) is 3. The summed E-state index contributed by atoms with van der Waals surface area (Å²) in [4.78, 5) is 15.3. The molecule has 0 saturated carbocycles. The van der Waals surface area contributed by atoms with Crippen LogP contribution in [-0.2, 0) is 0 Å². The minimum Gasteiger partial charge on any atom is -0.281 e. The van der Waals surface area contributed by atoms with Gasteiger partial charge in [-0.3, -0.25) is 4.40 Å². The minimum absolute atomic E-state index is 0.356. The molecule has 0 spiro atoms. The van der Waals surface area contributed by atoms with E-state index in [2.05, 4.69) is 10.2 Å². The molecule has 0 aliphatic carbocycles. The van der Waals surface area contributed by atoms with E-state index in [0.29, 0.717) is 11.5 Å². The van der Waals surface area contributed by atoms with Gasteiger partial charge in [0, 0.05) is 11.8 Å². The molecule has 0 bridgehead atoms. The van der Waals surface area contributed by atoms with Gasteiger partial charge >= 0.3 is 0 Å². The molecule has 0 unspecified atom stereocenters. The van der Waals surface area contributed by atoms with E-state index < -0.39 is 0 Å². The zero-order valence-corrected chi connectivity index (χ0v) is 11.0. The first-order valence-electron chi connectivity index (χ1n) is 6.34. The lowest BCUT2D eigenvalue weighted by molar-refractivity contribution is 1.15. The number of nitroso groups, excluding NO2 is 1. The second kappa shape index (κ2) is 5.09. The van der Waals surface area contributed by atoms with E-state index in [9.17, 15) is 4.91 Å². The Balaban J connectivity index is 2.09. The number of aromatic nitrogens is 2. The molecule has 0 aliphatic heterocycles. The minimum atomic E-state index is 0.356. The predicted molar refractivity (Wildman–Crippen MR) is 80.8 cm³/mol. The fourth-order valence-corrected chi connectivity index (χ4v) is 2.18. The number of aryl methyl sites for hydroxylation is 1. The molecule has 98 valence electrons. The highest BCUT2D eigenvalue weighted by Gasteiger charge is 2.10. The van der Waals surface area contributed by atoms with Crippen LogP contribution in [0.3, 0.4) is 0 Å². The molecular weight excluding hydrogens is 250 g/mol. The van der Waals surface area contributed by atoms with Crippen molar-refractivity contribution in [2.75, 3.05) is 0 Å². The third-order valence-electron chi connectivity index (χ3n) is 3.16. The molecule has 4 nitrogen and oxygen atoms in total. The van der Waals surface area contributed by atoms with Crippen molar-refractivity contribution in [3.63, 3.8) is 0 Å². The maximum Gasteiger partial charge on any atom is 0.204 e. The van der Waals surface area contributed by atoms with Gasteiger partial charge in [0.15, 0.2) is 0 Å². The van der Waals surface area contributed by atoms with Crippen LogP contribution < -0.4 is 0 Å². The van der Waals surface area contributed by atoms with Gasteiger partial charge in [-0.15, -0.1) is 4.91 Å². The quantitative estimate of drug-likeness (QED) is 0.664. The first kappa shape index (κ1) is 12.3. The SMILES string of the molecule is Cc1nc2c(C=Cc3ccccc3)cccn2c1N=O. The average Bonchev–Trinajstić information content (AvgIpc) is 2.82. The summed E-state index contributed by atoms with van der Waals surface area (Å²) in [6, 6.07) is 13.9. The summed E-state index contributed by atoms with van der Waals surface area (Å²) in [5, 5.41) is 3.04. The first-order chi connectivity index (χ1) is 9.79. The molecular formula is C16H13N3O. The Morgan fingerprint density at radius 1 is 1.10 bits per heavy atom. The van der Waals surface area contributed by atoms with Crippen LogP contribution in [0.25, 0.3) is 17.8 Å². The molecule has 0 saturated heterocycles. The molecule has 0 N–H and O–H groups in total. The fraction of sp³-hybridized carbons (Fsp3) is 0.0625. The second-order valence-corrected chi connectivity index (χ2v) is 4.51. The normalized spacial score (nSPS) is 11.2. The highest BCUT2D eigenvalue weighted by atomic mass is 16.3. The highest BCUT2D eigenvalue weighted by Crippen LogP contribution is 2.23. The topological polar surface area (TPSA) is 46.7 Å². The van der Waals surface area contributed by atoms with E-state index in [1.807, 2.05) is 54.6 Å². The molecule has 3 aromatic rings. The number of nitrogens with zero attached hydrogens (tertiary/aromatic N) is 3. The number of benzene rings is 1. The highest BCUT2D eigenvalue weighted by molar-refractivity contribution is 5.77. The smallest absolute Gasteiger partial charge is 0.204 e. The third kappa shape index (κ3) is 2.12. The maximum absolute atomic E-state index is 10.9. The van der Waals surface area contributed by atoms with Gasteiger partial charge < -0.3 is 0 Å². The Bertz CT molecular complexity index is 788. The molecule has 3 rings (SSSR count). The summed E-state index contributed by atoms with van der Waals surface area (Å²) < 4.78 is 1.72. The van der Waals surface area contributed by atoms with Crippen molar-refractivity contribution in [3.8, 4) is 0 Å². The van der Waals surface area contributed by atoms with Gasteiger partial charge in [0.25, 0.3) is 0 Å². The lowest BCUT2D eigenvalue weighted by Gasteiger charge is -1.98. The zero-order chi connectivity index (χ0) is 13.9. The standard InChI is InChI=1S/C16H13N3O/c1-12-15(18-20)19-11-5-8-14(16(19)17-12)10-9-13-6-3-2-4-7-13/h2-11H,1H3. The van der Waals surface area contributed by atoms with E-state index in [0.717, 1.165) is 16.8 Å². The summed E-state index contributed by atoms with van der Waals surface area (Å²) in [5.74, 6) is 0.356. The van der Waals surface area contributed by atoms with Crippen molar-refractivity contribution < 1.29 is 0 Å². The average molecular weight is 263 g/mol. The van der Waals surface area contributed by atoms with Gasteiger partial charge in [0.2, 0.25) is 5.82 Å². The number of fused-ring (bicyclic) bond motifs is 1. The van der Waals surface area contributed by atoms with Crippen molar-refractivity contribution in [1.82, 2.24) is 9.38 Å². The maximum atomic E-state index is 10.9. The van der Waals surface area contributed by atoms with Gasteiger partial charge in [-0.25, -0.2) is 4.98 Å². The Kier molecular flexibility index (Phi) is 3.13. The van der Waals surface area contributed by atoms with Crippen LogP contribution in [-0.4, -0.2) is 9.38 Å². The molecule has 2 heterocycles. The lowest BCUT2D eigenvalue weighted by atomic mass is 10.1. The molecule has 1 aromatic carbocycles. The summed E-state index contributed by atoms with van der Waals surface area (Å²) in [5.41, 5.74) is 3.45. The van der Waals surface area contributed by atoms with Crippen LogP contribution >= 0.6 is 0 Å². The molecule has 0 atom stereocenters. The van der Waals surface area contributed by atoms with Crippen molar-refractivity contribution in [3.05, 3.63) is 70.4 Å². The largest absolute Gasteiger partial charge is 0.281 e. The number of imidazole rings is 1. The van der Waals surface area contributed by atoms with Crippen LogP contribution in [0.1, 0.15) is 16.8 Å². The number of pyridine rings is 1. The van der Waals surface area contributed by atoms with Crippen LogP contribution in [0.5, 0.6) is 0 Å². The van der Waals surface area contributed by atoms with Crippen molar-refractivity contribution in [1.29, 1.82) is 0 Å². The van der Waals surface area contributed by atoms with Crippen molar-refractivity contribution >= 4 is 23.6 Å². The summed E-state index contributed by atoms with van der Waals surface area (Å²) in [7, 11) is 0. The molecule has 0 aliphatic rings. The second-order valence-electron chi connectivity index (χ2n) is 4.51. The van der Waals surface area contributed by atoms with E-state index in [-0.39, 0.29) is 0 Å². The van der Waals surface area contributed by atoms with Crippen LogP contribution in [0.4, 0.5) is 5.82 Å². The van der Waals surface area contributed by atoms with Gasteiger partial charge in [0.1, 0.15) is 5.65 Å². The van der Waals surface area contributed by atoms with Crippen LogP contribution in [0, 0.1) is 11.8 Å². The van der Waals surface area contributed by atoms with Gasteiger partial charge in [-0.05, 0) is 29.8 Å². The van der Waals surface area contributed by atoms with Gasteiger partial charge in [0.05, 0.1) is 5.69 Å². The molecule has 0 radical (unpaired) electrons. The Morgan fingerprint density at radius 2 is 1.90 bits per heavy atom. The summed E-state index contributed by atoms with van der Waals surface area (Å²) in [6.07, 6.45) is 5.81. The van der Waals surface area contributed by atoms with E-state index >= 15 is 0 Å². The van der Waals surface area contributed by atoms with Gasteiger partial charge in [-0.2, -0.15) is 0 Å². The van der Waals surface area contributed by atoms with Crippen LogP contribution in [0.2, 0.25) is 0 Å². The van der Waals surface area contributed by atoms with Crippen molar-refractivity contribution in [2.45, 2.75) is 6.92 Å². The first-order valence-corrected chi connectivity index (χ1v) is 6.34. The Labute approximate surface area is 116 Å². The Morgan fingerprint density at radius 3 is 2.65 bits per heavy atom. The molecule has 4 heteroatoms. The summed E-state index contributed by atoms with van der Waals surface area (Å²) in [6.45, 7) is 1.79. The lowest BCUT2D eigenvalue weighted by Crippen LogP contribution is -1.86. The van der Waals surface area contributed by atoms with E-state index in [4.69, 9.17) is 0 Å². The van der Waals surface area contributed by atoms with E-state index in [1.165, 1.54) is 0 Å². The summed E-state index contributed by atoms with van der Waals surface area (Å²) >= 11 is 0. The molecule has 20 heavy (non-hydrogen) atoms. The number of hydrogen-bond donors (Lipinski definition) is 0. The van der Waals surface area contributed by atoms with Crippen molar-refractivity contribution in [2.24, 2.45) is 5.18 Å². The fourth-order valence-electron chi connectivity index (χ4n) is 2.18. The third-order valence-corrected chi connectivity index (χ3v) is 3.16. The molecule has 0 amide bonds. The number of rotatable bonds is 3.